The van der Waals surface area contributed by atoms with Crippen LogP contribution in [-0.4, -0.2) is 23.0 Å². The van der Waals surface area contributed by atoms with E-state index < -0.39 is 0 Å². The molecule has 0 aliphatic carbocycles. The van der Waals surface area contributed by atoms with Crippen LogP contribution < -0.4 is 10.1 Å². The van der Waals surface area contributed by atoms with E-state index in [0.717, 1.165) is 17.0 Å². The van der Waals surface area contributed by atoms with Gasteiger partial charge in [0.2, 0.25) is 0 Å². The number of carbonyl (C=O) groups is 1. The lowest BCUT2D eigenvalue weighted by Gasteiger charge is -2.00. The molecule has 0 aliphatic heterocycles. The van der Waals surface area contributed by atoms with Crippen LogP contribution in [0.5, 0.6) is 5.75 Å². The Hall–Kier alpha value is -2.25. The Balaban J connectivity index is 1.75. The maximum absolute atomic E-state index is 11.9. The van der Waals surface area contributed by atoms with Crippen LogP contribution in [0.4, 0.5) is 5.13 Å². The molecule has 0 aliphatic rings. The summed E-state index contributed by atoms with van der Waals surface area (Å²) in [6.45, 7) is 0. The molecule has 5 nitrogen and oxygen atoms in total. The van der Waals surface area contributed by atoms with E-state index in [1.807, 2.05) is 29.6 Å². The van der Waals surface area contributed by atoms with Crippen LogP contribution >= 0.6 is 22.7 Å². The number of amides is 1. The molecule has 21 heavy (non-hydrogen) atoms. The van der Waals surface area contributed by atoms with Crippen molar-refractivity contribution in [1.29, 1.82) is 0 Å². The molecular formula is C14H11N3O2S2. The number of carbonyl (C=O) groups excluding carboxylic acids is 1. The zero-order valence-electron chi connectivity index (χ0n) is 11.1. The van der Waals surface area contributed by atoms with Crippen molar-refractivity contribution in [2.24, 2.45) is 0 Å². The molecule has 7 heteroatoms. The first-order valence-electron chi connectivity index (χ1n) is 6.06. The Morgan fingerprint density at radius 2 is 2.05 bits per heavy atom. The molecule has 1 amide bonds. The van der Waals surface area contributed by atoms with Crippen LogP contribution in [0.3, 0.4) is 0 Å². The molecule has 0 atom stereocenters. The number of thiazole rings is 2. The lowest BCUT2D eigenvalue weighted by molar-refractivity contribution is 0.102. The van der Waals surface area contributed by atoms with Crippen molar-refractivity contribution >= 4 is 33.7 Å². The van der Waals surface area contributed by atoms with E-state index in [0.29, 0.717) is 10.8 Å². The SMILES string of the molecule is COc1ccc(-c2csc(NC(=O)c3cscn3)n2)cc1. The second kappa shape index (κ2) is 6.02. The van der Waals surface area contributed by atoms with E-state index in [2.05, 4.69) is 15.3 Å². The zero-order valence-corrected chi connectivity index (χ0v) is 12.7. The van der Waals surface area contributed by atoms with Gasteiger partial charge in [0.1, 0.15) is 11.4 Å². The van der Waals surface area contributed by atoms with Crippen LogP contribution in [0.1, 0.15) is 10.5 Å². The number of rotatable bonds is 4. The van der Waals surface area contributed by atoms with E-state index >= 15 is 0 Å². The highest BCUT2D eigenvalue weighted by Crippen LogP contribution is 2.26. The van der Waals surface area contributed by atoms with Crippen molar-refractivity contribution in [1.82, 2.24) is 9.97 Å². The van der Waals surface area contributed by atoms with E-state index in [4.69, 9.17) is 4.74 Å². The number of nitrogens with one attached hydrogen (secondary N) is 1. The number of aromatic nitrogens is 2. The predicted molar refractivity (Wildman–Crippen MR) is 84.2 cm³/mol. The van der Waals surface area contributed by atoms with Gasteiger partial charge in [-0.05, 0) is 24.3 Å². The molecule has 0 saturated heterocycles. The Kier molecular flexibility index (Phi) is 3.94. The lowest BCUT2D eigenvalue weighted by Crippen LogP contribution is -2.11. The van der Waals surface area contributed by atoms with Crippen molar-refractivity contribution < 1.29 is 9.53 Å². The van der Waals surface area contributed by atoms with Crippen LogP contribution in [0.2, 0.25) is 0 Å². The summed E-state index contributed by atoms with van der Waals surface area (Å²) >= 11 is 2.76. The predicted octanol–water partition coefficient (Wildman–Crippen LogP) is 3.53. The summed E-state index contributed by atoms with van der Waals surface area (Å²) in [5.41, 5.74) is 3.82. The van der Waals surface area contributed by atoms with E-state index in [1.165, 1.54) is 22.7 Å². The van der Waals surface area contributed by atoms with Gasteiger partial charge in [0.05, 0.1) is 18.3 Å². The highest BCUT2D eigenvalue weighted by atomic mass is 32.1. The molecule has 0 fully saturated rings. The van der Waals surface area contributed by atoms with Gasteiger partial charge < -0.3 is 4.74 Å². The van der Waals surface area contributed by atoms with E-state index in [9.17, 15) is 4.79 Å². The number of anilines is 1. The van der Waals surface area contributed by atoms with Gasteiger partial charge in [-0.25, -0.2) is 9.97 Å². The summed E-state index contributed by atoms with van der Waals surface area (Å²) in [7, 11) is 1.63. The minimum atomic E-state index is -0.244. The quantitative estimate of drug-likeness (QED) is 0.799. The molecule has 2 heterocycles. The topological polar surface area (TPSA) is 64.1 Å². The van der Waals surface area contributed by atoms with Crippen molar-refractivity contribution in [3.05, 3.63) is 46.2 Å². The minimum absolute atomic E-state index is 0.244. The average molecular weight is 317 g/mol. The van der Waals surface area contributed by atoms with Gasteiger partial charge in [0.15, 0.2) is 5.13 Å². The third-order valence-corrected chi connectivity index (χ3v) is 4.12. The summed E-state index contributed by atoms with van der Waals surface area (Å²) in [6, 6.07) is 7.62. The smallest absolute Gasteiger partial charge is 0.276 e. The van der Waals surface area contributed by atoms with Gasteiger partial charge in [0.25, 0.3) is 5.91 Å². The number of hydrogen-bond acceptors (Lipinski definition) is 6. The molecule has 0 spiro atoms. The third-order valence-electron chi connectivity index (χ3n) is 2.78. The zero-order chi connectivity index (χ0) is 14.7. The van der Waals surface area contributed by atoms with Gasteiger partial charge in [-0.1, -0.05) is 0 Å². The molecule has 0 bridgehead atoms. The summed E-state index contributed by atoms with van der Waals surface area (Å²) in [5.74, 6) is 0.554. The average Bonchev–Trinajstić information content (AvgIpc) is 3.19. The Labute approximate surface area is 129 Å². The van der Waals surface area contributed by atoms with E-state index in [-0.39, 0.29) is 5.91 Å². The monoisotopic (exact) mass is 317 g/mol. The summed E-state index contributed by atoms with van der Waals surface area (Å²) in [6.07, 6.45) is 0. The Morgan fingerprint density at radius 3 is 2.71 bits per heavy atom. The third kappa shape index (κ3) is 3.09. The van der Waals surface area contributed by atoms with Crippen LogP contribution in [-0.2, 0) is 0 Å². The van der Waals surface area contributed by atoms with Crippen LogP contribution in [0.25, 0.3) is 11.3 Å². The second-order valence-electron chi connectivity index (χ2n) is 4.09. The maximum atomic E-state index is 11.9. The van der Waals surface area contributed by atoms with Gasteiger partial charge in [-0.15, -0.1) is 22.7 Å². The number of ether oxygens (including phenoxy) is 1. The van der Waals surface area contributed by atoms with Gasteiger partial charge in [-0.2, -0.15) is 0 Å². The Morgan fingerprint density at radius 1 is 1.24 bits per heavy atom. The Bertz CT molecular complexity index is 736. The molecule has 2 aromatic heterocycles. The van der Waals surface area contributed by atoms with Crippen molar-refractivity contribution in [2.45, 2.75) is 0 Å². The summed E-state index contributed by atoms with van der Waals surface area (Å²) < 4.78 is 5.12. The molecule has 1 N–H and O–H groups in total. The van der Waals surface area contributed by atoms with Crippen LogP contribution in [0.15, 0.2) is 40.5 Å². The van der Waals surface area contributed by atoms with Gasteiger partial charge >= 0.3 is 0 Å². The first kappa shape index (κ1) is 13.7. The number of benzene rings is 1. The molecule has 1 aromatic carbocycles. The van der Waals surface area contributed by atoms with Crippen molar-refractivity contribution in [3.63, 3.8) is 0 Å². The fourth-order valence-corrected chi connectivity index (χ4v) is 2.96. The molecule has 3 rings (SSSR count). The first-order valence-corrected chi connectivity index (χ1v) is 7.88. The molecule has 106 valence electrons. The van der Waals surface area contributed by atoms with E-state index in [1.54, 1.807) is 18.0 Å². The molecule has 0 radical (unpaired) electrons. The van der Waals surface area contributed by atoms with Gasteiger partial charge in [0, 0.05) is 16.3 Å². The molecule has 3 aromatic rings. The number of nitrogens with zero attached hydrogens (tertiary/aromatic N) is 2. The number of methoxy groups -OCH3 is 1. The summed E-state index contributed by atoms with van der Waals surface area (Å²) in [4.78, 5) is 20.3. The summed E-state index contributed by atoms with van der Waals surface area (Å²) in [5, 5.41) is 6.90. The maximum Gasteiger partial charge on any atom is 0.276 e. The highest BCUT2D eigenvalue weighted by Gasteiger charge is 2.11. The first-order chi connectivity index (χ1) is 10.3. The fourth-order valence-electron chi connectivity index (χ4n) is 1.71. The van der Waals surface area contributed by atoms with Crippen molar-refractivity contribution in [3.8, 4) is 17.0 Å². The lowest BCUT2D eigenvalue weighted by atomic mass is 10.2. The normalized spacial score (nSPS) is 10.3. The second-order valence-corrected chi connectivity index (χ2v) is 5.67. The van der Waals surface area contributed by atoms with Gasteiger partial charge in [-0.3, -0.25) is 10.1 Å². The minimum Gasteiger partial charge on any atom is -0.497 e. The highest BCUT2D eigenvalue weighted by molar-refractivity contribution is 7.14. The van der Waals surface area contributed by atoms with Crippen molar-refractivity contribution in [2.75, 3.05) is 12.4 Å². The fraction of sp³-hybridized carbons (Fsp3) is 0.0714. The molecular weight excluding hydrogens is 306 g/mol. The molecule has 0 saturated carbocycles. The van der Waals surface area contributed by atoms with Crippen LogP contribution in [0, 0.1) is 0 Å². The standard InChI is InChI=1S/C14H11N3O2S2/c1-19-10-4-2-9(3-5-10)11-7-21-14(16-11)17-13(18)12-6-20-8-15-12/h2-8H,1H3,(H,16,17,18). The molecule has 0 unspecified atom stereocenters. The largest absolute Gasteiger partial charge is 0.497 e. The number of hydrogen-bond donors (Lipinski definition) is 1.